The monoisotopic (exact) mass is 515 g/mol. The van der Waals surface area contributed by atoms with Gasteiger partial charge >= 0.3 is 0 Å². The quantitative estimate of drug-likeness (QED) is 0.378. The molecule has 2 heterocycles. The van der Waals surface area contributed by atoms with Crippen molar-refractivity contribution in [2.24, 2.45) is 0 Å². The Morgan fingerprint density at radius 1 is 1.22 bits per heavy atom. The van der Waals surface area contributed by atoms with Crippen LogP contribution in [0.4, 0.5) is 9.52 Å². The predicted molar refractivity (Wildman–Crippen MR) is 133 cm³/mol. The van der Waals surface area contributed by atoms with E-state index in [2.05, 4.69) is 9.88 Å². The molecule has 0 bridgehead atoms. The number of ether oxygens (including phenoxy) is 1. The van der Waals surface area contributed by atoms with Crippen LogP contribution in [0.1, 0.15) is 6.42 Å². The van der Waals surface area contributed by atoms with E-state index in [9.17, 15) is 9.18 Å². The van der Waals surface area contributed by atoms with Crippen LogP contribution in [0.3, 0.4) is 0 Å². The molecule has 0 unspecified atom stereocenters. The number of halogens is 3. The number of anilines is 1. The Balaban J connectivity index is 0.00000289. The lowest BCUT2D eigenvalue weighted by molar-refractivity contribution is -0.118. The summed E-state index contributed by atoms with van der Waals surface area (Å²) in [5.74, 6) is 0.397. The highest BCUT2D eigenvalue weighted by Crippen LogP contribution is 2.31. The summed E-state index contributed by atoms with van der Waals surface area (Å²) < 4.78 is 19.5. The molecule has 2 aromatic carbocycles. The Bertz CT molecular complexity index is 1030. The van der Waals surface area contributed by atoms with Crippen molar-refractivity contribution in [1.29, 1.82) is 0 Å². The minimum absolute atomic E-state index is 0. The van der Waals surface area contributed by atoms with E-state index in [0.717, 1.165) is 48.0 Å². The molecule has 0 aliphatic carbocycles. The maximum atomic E-state index is 13.2. The lowest BCUT2D eigenvalue weighted by Gasteiger charge is -2.29. The van der Waals surface area contributed by atoms with E-state index in [1.165, 1.54) is 23.5 Å². The first-order valence-corrected chi connectivity index (χ1v) is 12.3. The van der Waals surface area contributed by atoms with Crippen LogP contribution in [0.2, 0.25) is 5.02 Å². The van der Waals surface area contributed by atoms with Gasteiger partial charge in [-0.3, -0.25) is 14.6 Å². The molecular weight excluding hydrogens is 492 g/mol. The van der Waals surface area contributed by atoms with Gasteiger partial charge < -0.3 is 4.74 Å². The van der Waals surface area contributed by atoms with Crippen LogP contribution < -0.4 is 4.90 Å². The molecular formula is C22H24Cl2FN3O2S2. The number of carbonyl (C=O) groups is 1. The highest BCUT2D eigenvalue weighted by molar-refractivity contribution is 7.99. The van der Waals surface area contributed by atoms with E-state index in [-0.39, 0.29) is 24.1 Å². The molecule has 1 saturated heterocycles. The molecule has 1 aliphatic rings. The summed E-state index contributed by atoms with van der Waals surface area (Å²) in [6, 6.07) is 11.9. The zero-order valence-electron chi connectivity index (χ0n) is 17.3. The molecule has 0 N–H and O–H groups in total. The summed E-state index contributed by atoms with van der Waals surface area (Å²) in [5, 5.41) is 1.35. The Labute approximate surface area is 206 Å². The second-order valence-electron chi connectivity index (χ2n) is 7.16. The zero-order valence-corrected chi connectivity index (χ0v) is 20.5. The first kappa shape index (κ1) is 25.2. The average molecular weight is 516 g/mol. The normalized spacial score (nSPS) is 14.3. The minimum Gasteiger partial charge on any atom is -0.379 e. The molecule has 1 amide bonds. The van der Waals surface area contributed by atoms with Crippen molar-refractivity contribution >= 4 is 68.4 Å². The van der Waals surface area contributed by atoms with Crippen LogP contribution in [-0.2, 0) is 9.53 Å². The third kappa shape index (κ3) is 6.79. The number of rotatable bonds is 8. The molecule has 1 aliphatic heterocycles. The first-order valence-electron chi connectivity index (χ1n) is 10.1. The van der Waals surface area contributed by atoms with Gasteiger partial charge in [0.05, 0.1) is 23.4 Å². The number of fused-ring (bicyclic) bond motifs is 1. The molecule has 0 radical (unpaired) electrons. The molecule has 0 saturated carbocycles. The molecule has 4 rings (SSSR count). The van der Waals surface area contributed by atoms with Gasteiger partial charge in [-0.25, -0.2) is 9.37 Å². The van der Waals surface area contributed by atoms with Crippen LogP contribution in [-0.4, -0.2) is 60.9 Å². The van der Waals surface area contributed by atoms with Crippen LogP contribution in [0.15, 0.2) is 47.4 Å². The van der Waals surface area contributed by atoms with Crippen molar-refractivity contribution in [3.63, 3.8) is 0 Å². The van der Waals surface area contributed by atoms with E-state index >= 15 is 0 Å². The topological polar surface area (TPSA) is 45.7 Å². The van der Waals surface area contributed by atoms with Gasteiger partial charge in [-0.15, -0.1) is 24.2 Å². The lowest BCUT2D eigenvalue weighted by atomic mass is 10.3. The van der Waals surface area contributed by atoms with Crippen LogP contribution >= 0.6 is 47.1 Å². The number of thiazole rings is 1. The van der Waals surface area contributed by atoms with E-state index in [1.807, 2.05) is 18.2 Å². The molecule has 32 heavy (non-hydrogen) atoms. The zero-order chi connectivity index (χ0) is 21.6. The second-order valence-corrected chi connectivity index (χ2v) is 9.77. The molecule has 0 atom stereocenters. The number of hydrogen-bond donors (Lipinski definition) is 0. The number of nitrogens with zero attached hydrogens (tertiary/aromatic N) is 3. The predicted octanol–water partition coefficient (Wildman–Crippen LogP) is 5.36. The molecule has 1 fully saturated rings. The molecule has 172 valence electrons. The van der Waals surface area contributed by atoms with Gasteiger partial charge in [-0.2, -0.15) is 0 Å². The molecule has 1 aromatic heterocycles. The third-order valence-electron chi connectivity index (χ3n) is 5.01. The maximum Gasteiger partial charge on any atom is 0.229 e. The second kappa shape index (κ2) is 12.2. The number of morpholine rings is 1. The summed E-state index contributed by atoms with van der Waals surface area (Å²) >= 11 is 9.15. The number of hydrogen-bond acceptors (Lipinski definition) is 6. The van der Waals surface area contributed by atoms with Gasteiger partial charge in [0, 0.05) is 48.3 Å². The van der Waals surface area contributed by atoms with Crippen molar-refractivity contribution in [3.05, 3.63) is 53.3 Å². The molecule has 3 aromatic rings. The molecule has 5 nitrogen and oxygen atoms in total. The fourth-order valence-electron chi connectivity index (χ4n) is 3.32. The van der Waals surface area contributed by atoms with Gasteiger partial charge in [-0.1, -0.05) is 22.9 Å². The SMILES string of the molecule is Cl.O=C(CCSc1ccc(F)cc1)N(CCN1CCOCC1)c1nc2ccc(Cl)cc2s1. The molecule has 0 spiro atoms. The average Bonchev–Trinajstić information content (AvgIpc) is 3.19. The fraction of sp³-hybridized carbons (Fsp3) is 0.364. The van der Waals surface area contributed by atoms with E-state index in [4.69, 9.17) is 16.3 Å². The lowest BCUT2D eigenvalue weighted by Crippen LogP contribution is -2.43. The van der Waals surface area contributed by atoms with Crippen molar-refractivity contribution in [2.75, 3.05) is 50.0 Å². The summed E-state index contributed by atoms with van der Waals surface area (Å²) in [6.45, 7) is 4.55. The highest BCUT2D eigenvalue weighted by Gasteiger charge is 2.21. The van der Waals surface area contributed by atoms with E-state index in [1.54, 1.807) is 28.8 Å². The number of benzene rings is 2. The van der Waals surface area contributed by atoms with Gasteiger partial charge in [0.2, 0.25) is 5.91 Å². The summed E-state index contributed by atoms with van der Waals surface area (Å²) in [5.41, 5.74) is 0.842. The Morgan fingerprint density at radius 3 is 2.72 bits per heavy atom. The summed E-state index contributed by atoms with van der Waals surface area (Å²) in [6.07, 6.45) is 0.377. The third-order valence-corrected chi connectivity index (χ3v) is 7.30. The number of carbonyl (C=O) groups excluding carboxylic acids is 1. The van der Waals surface area contributed by atoms with Crippen molar-refractivity contribution < 1.29 is 13.9 Å². The minimum atomic E-state index is -0.259. The summed E-state index contributed by atoms with van der Waals surface area (Å²) in [4.78, 5) is 22.9. The molecule has 10 heteroatoms. The van der Waals surface area contributed by atoms with Crippen molar-refractivity contribution in [1.82, 2.24) is 9.88 Å². The van der Waals surface area contributed by atoms with Crippen LogP contribution in [0, 0.1) is 5.82 Å². The van der Waals surface area contributed by atoms with Crippen molar-refractivity contribution in [2.45, 2.75) is 11.3 Å². The highest BCUT2D eigenvalue weighted by atomic mass is 35.5. The van der Waals surface area contributed by atoms with E-state index < -0.39 is 0 Å². The van der Waals surface area contributed by atoms with Gasteiger partial charge in [0.1, 0.15) is 5.82 Å². The number of thioether (sulfide) groups is 1. The first-order chi connectivity index (χ1) is 15.1. The van der Waals surface area contributed by atoms with Gasteiger partial charge in [0.25, 0.3) is 0 Å². The Kier molecular flexibility index (Phi) is 9.58. The number of aromatic nitrogens is 1. The van der Waals surface area contributed by atoms with Gasteiger partial charge in [0.15, 0.2) is 5.13 Å². The number of amides is 1. The van der Waals surface area contributed by atoms with Crippen molar-refractivity contribution in [3.8, 4) is 0 Å². The van der Waals surface area contributed by atoms with Crippen LogP contribution in [0.5, 0.6) is 0 Å². The van der Waals surface area contributed by atoms with Crippen LogP contribution in [0.25, 0.3) is 10.2 Å². The smallest absolute Gasteiger partial charge is 0.229 e. The maximum absolute atomic E-state index is 13.2. The van der Waals surface area contributed by atoms with Gasteiger partial charge in [-0.05, 0) is 42.5 Å². The van der Waals surface area contributed by atoms with E-state index in [0.29, 0.717) is 28.9 Å². The summed E-state index contributed by atoms with van der Waals surface area (Å²) in [7, 11) is 0. The fourth-order valence-corrected chi connectivity index (χ4v) is 5.44. The Morgan fingerprint density at radius 2 is 1.97 bits per heavy atom. The largest absolute Gasteiger partial charge is 0.379 e. The standard InChI is InChI=1S/C22H23ClFN3O2S2.ClH/c23-16-1-6-19-20(15-16)31-22(25-19)27(9-8-26-10-12-29-13-11-26)21(28)7-14-30-18-4-2-17(24)3-5-18;/h1-6,15H,7-14H2;1H. The Hall–Kier alpha value is -1.42.